The van der Waals surface area contributed by atoms with Gasteiger partial charge in [0.05, 0.1) is 5.56 Å². The molecule has 1 unspecified atom stereocenters. The lowest BCUT2D eigenvalue weighted by Crippen LogP contribution is -2.45. The molecule has 2 aromatic carbocycles. The standard InChI is InChI=1S/C22H22ClF2NO3/c1-13-11-16(23)3-6-20(13)29-14(2)22(28)26-9-7-15(8-10-26)21(27)18-12-17(24)4-5-19(18)25/h3-6,11-12,14-15H,7-10H2,1-2H3. The maximum absolute atomic E-state index is 13.9. The van der Waals surface area contributed by atoms with E-state index in [0.717, 1.165) is 23.8 Å². The Morgan fingerprint density at radius 1 is 1.14 bits per heavy atom. The molecular formula is C22H22ClF2NO3. The summed E-state index contributed by atoms with van der Waals surface area (Å²) in [7, 11) is 0. The summed E-state index contributed by atoms with van der Waals surface area (Å²) in [5.74, 6) is -1.83. The zero-order valence-corrected chi connectivity index (χ0v) is 17.0. The molecular weight excluding hydrogens is 400 g/mol. The zero-order chi connectivity index (χ0) is 21.1. The minimum Gasteiger partial charge on any atom is -0.481 e. The molecule has 7 heteroatoms. The minimum absolute atomic E-state index is 0.179. The van der Waals surface area contributed by atoms with E-state index >= 15 is 0 Å². The molecule has 29 heavy (non-hydrogen) atoms. The van der Waals surface area contributed by atoms with Crippen LogP contribution in [0.2, 0.25) is 5.02 Å². The van der Waals surface area contributed by atoms with Gasteiger partial charge in [-0.3, -0.25) is 9.59 Å². The highest BCUT2D eigenvalue weighted by Crippen LogP contribution is 2.26. The van der Waals surface area contributed by atoms with E-state index in [9.17, 15) is 18.4 Å². The topological polar surface area (TPSA) is 46.6 Å². The molecule has 0 aliphatic carbocycles. The van der Waals surface area contributed by atoms with Gasteiger partial charge in [-0.25, -0.2) is 8.78 Å². The Hall–Kier alpha value is -2.47. The molecule has 1 fully saturated rings. The summed E-state index contributed by atoms with van der Waals surface area (Å²) in [4.78, 5) is 26.9. The first-order valence-corrected chi connectivity index (χ1v) is 9.85. The summed E-state index contributed by atoms with van der Waals surface area (Å²) in [5, 5.41) is 0.593. The molecule has 4 nitrogen and oxygen atoms in total. The van der Waals surface area contributed by atoms with Crippen molar-refractivity contribution >= 4 is 23.3 Å². The molecule has 1 aliphatic rings. The van der Waals surface area contributed by atoms with E-state index in [1.54, 1.807) is 30.0 Å². The molecule has 1 atom stereocenters. The summed E-state index contributed by atoms with van der Waals surface area (Å²) in [6.45, 7) is 4.25. The molecule has 0 N–H and O–H groups in total. The number of amides is 1. The fourth-order valence-electron chi connectivity index (χ4n) is 3.51. The average molecular weight is 422 g/mol. The van der Waals surface area contributed by atoms with E-state index in [2.05, 4.69) is 0 Å². The molecule has 0 spiro atoms. The summed E-state index contributed by atoms with van der Waals surface area (Å²) >= 11 is 5.94. The number of hydrogen-bond donors (Lipinski definition) is 0. The number of carbonyl (C=O) groups excluding carboxylic acids is 2. The lowest BCUT2D eigenvalue weighted by Gasteiger charge is -2.33. The van der Waals surface area contributed by atoms with Crippen LogP contribution in [0.5, 0.6) is 5.75 Å². The van der Waals surface area contributed by atoms with Crippen LogP contribution < -0.4 is 4.74 Å². The van der Waals surface area contributed by atoms with Gasteiger partial charge < -0.3 is 9.64 Å². The third kappa shape index (κ3) is 4.93. The first-order valence-electron chi connectivity index (χ1n) is 9.47. The average Bonchev–Trinajstić information content (AvgIpc) is 2.71. The number of likely N-dealkylation sites (tertiary alicyclic amines) is 1. The largest absolute Gasteiger partial charge is 0.481 e. The van der Waals surface area contributed by atoms with Gasteiger partial charge in [-0.1, -0.05) is 11.6 Å². The van der Waals surface area contributed by atoms with E-state index in [1.165, 1.54) is 0 Å². The Kier molecular flexibility index (Phi) is 6.52. The number of Topliss-reactive ketones (excluding diaryl/α,β-unsaturated/α-hetero) is 1. The lowest BCUT2D eigenvalue weighted by atomic mass is 9.88. The van der Waals surface area contributed by atoms with Gasteiger partial charge in [0.2, 0.25) is 0 Å². The molecule has 0 radical (unpaired) electrons. The number of hydrogen-bond acceptors (Lipinski definition) is 3. The Morgan fingerprint density at radius 2 is 1.83 bits per heavy atom. The molecule has 3 rings (SSSR count). The predicted molar refractivity (Wildman–Crippen MR) is 106 cm³/mol. The highest BCUT2D eigenvalue weighted by Gasteiger charge is 2.31. The fourth-order valence-corrected chi connectivity index (χ4v) is 3.74. The van der Waals surface area contributed by atoms with Gasteiger partial charge >= 0.3 is 0 Å². The van der Waals surface area contributed by atoms with Crippen molar-refractivity contribution in [1.29, 1.82) is 0 Å². The smallest absolute Gasteiger partial charge is 0.263 e. The van der Waals surface area contributed by atoms with Crippen molar-refractivity contribution in [1.82, 2.24) is 4.90 Å². The number of ether oxygens (including phenoxy) is 1. The Morgan fingerprint density at radius 3 is 2.48 bits per heavy atom. The van der Waals surface area contributed by atoms with Crippen LogP contribution in [-0.4, -0.2) is 35.8 Å². The van der Waals surface area contributed by atoms with E-state index in [4.69, 9.17) is 16.3 Å². The summed E-state index contributed by atoms with van der Waals surface area (Å²) in [6, 6.07) is 8.05. The number of benzene rings is 2. The number of ketones is 1. The number of nitrogens with zero attached hydrogens (tertiary/aromatic N) is 1. The van der Waals surface area contributed by atoms with Crippen molar-refractivity contribution in [2.75, 3.05) is 13.1 Å². The number of aryl methyl sites for hydroxylation is 1. The normalized spacial score (nSPS) is 15.8. The van der Waals surface area contributed by atoms with Crippen LogP contribution in [0.4, 0.5) is 8.78 Å². The van der Waals surface area contributed by atoms with E-state index < -0.39 is 29.4 Å². The van der Waals surface area contributed by atoms with E-state index in [0.29, 0.717) is 36.7 Å². The van der Waals surface area contributed by atoms with Gasteiger partial charge in [-0.05, 0) is 68.7 Å². The molecule has 2 aromatic rings. The number of halogens is 3. The van der Waals surface area contributed by atoms with Gasteiger partial charge in [0.25, 0.3) is 5.91 Å². The first-order chi connectivity index (χ1) is 13.8. The number of piperidine rings is 1. The Balaban J connectivity index is 1.58. The third-order valence-corrected chi connectivity index (χ3v) is 5.39. The first kappa shape index (κ1) is 21.2. The van der Waals surface area contributed by atoms with Crippen molar-refractivity contribution in [3.63, 3.8) is 0 Å². The summed E-state index contributed by atoms with van der Waals surface area (Å²) < 4.78 is 33.0. The quantitative estimate of drug-likeness (QED) is 0.650. The summed E-state index contributed by atoms with van der Waals surface area (Å²) in [5.41, 5.74) is 0.600. The van der Waals surface area contributed by atoms with E-state index in [-0.39, 0.29) is 11.5 Å². The number of carbonyl (C=O) groups is 2. The molecule has 1 amide bonds. The van der Waals surface area contributed by atoms with E-state index in [1.807, 2.05) is 6.92 Å². The maximum Gasteiger partial charge on any atom is 0.263 e. The SMILES string of the molecule is Cc1cc(Cl)ccc1OC(C)C(=O)N1CCC(C(=O)c2cc(F)ccc2F)CC1. The van der Waals surface area contributed by atoms with Crippen molar-refractivity contribution in [3.8, 4) is 5.75 Å². The van der Waals surface area contributed by atoms with Gasteiger partial charge in [-0.2, -0.15) is 0 Å². The Bertz CT molecular complexity index is 926. The zero-order valence-electron chi connectivity index (χ0n) is 16.3. The van der Waals surface area contributed by atoms with Crippen LogP contribution in [0.3, 0.4) is 0 Å². The second-order valence-corrected chi connectivity index (χ2v) is 7.69. The second kappa shape index (κ2) is 8.91. The van der Waals surface area contributed by atoms with Crippen LogP contribution in [0, 0.1) is 24.5 Å². The maximum atomic E-state index is 13.9. The third-order valence-electron chi connectivity index (χ3n) is 5.16. The summed E-state index contributed by atoms with van der Waals surface area (Å²) in [6.07, 6.45) is 0.100. The molecule has 1 heterocycles. The minimum atomic E-state index is -0.727. The predicted octanol–water partition coefficient (Wildman–Crippen LogP) is 4.82. The second-order valence-electron chi connectivity index (χ2n) is 7.26. The molecule has 154 valence electrons. The van der Waals surface area contributed by atoms with Crippen molar-refractivity contribution in [2.24, 2.45) is 5.92 Å². The van der Waals surface area contributed by atoms with Crippen molar-refractivity contribution in [3.05, 3.63) is 64.2 Å². The molecule has 0 bridgehead atoms. The number of rotatable bonds is 5. The monoisotopic (exact) mass is 421 g/mol. The highest BCUT2D eigenvalue weighted by atomic mass is 35.5. The van der Waals surface area contributed by atoms with Crippen LogP contribution in [0.15, 0.2) is 36.4 Å². The van der Waals surface area contributed by atoms with Crippen LogP contribution in [0.1, 0.15) is 35.7 Å². The van der Waals surface area contributed by atoms with Gasteiger partial charge in [0.1, 0.15) is 17.4 Å². The van der Waals surface area contributed by atoms with Crippen molar-refractivity contribution in [2.45, 2.75) is 32.8 Å². The lowest BCUT2D eigenvalue weighted by molar-refractivity contribution is -0.139. The molecule has 1 saturated heterocycles. The van der Waals surface area contributed by atoms with Gasteiger partial charge in [0.15, 0.2) is 11.9 Å². The fraction of sp³-hybridized carbons (Fsp3) is 0.364. The van der Waals surface area contributed by atoms with Gasteiger partial charge in [-0.15, -0.1) is 0 Å². The van der Waals surface area contributed by atoms with Crippen LogP contribution >= 0.6 is 11.6 Å². The van der Waals surface area contributed by atoms with Crippen molar-refractivity contribution < 1.29 is 23.1 Å². The van der Waals surface area contributed by atoms with Crippen LogP contribution in [-0.2, 0) is 4.79 Å². The highest BCUT2D eigenvalue weighted by molar-refractivity contribution is 6.30. The molecule has 0 saturated carbocycles. The Labute approximate surface area is 173 Å². The molecule has 0 aromatic heterocycles. The van der Waals surface area contributed by atoms with Gasteiger partial charge in [0, 0.05) is 24.0 Å². The van der Waals surface area contributed by atoms with Crippen LogP contribution in [0.25, 0.3) is 0 Å². The molecule has 1 aliphatic heterocycles.